The van der Waals surface area contributed by atoms with Gasteiger partial charge >= 0.3 is 0 Å². The zero-order chi connectivity index (χ0) is 16.2. The molecule has 5 nitrogen and oxygen atoms in total. The van der Waals surface area contributed by atoms with Gasteiger partial charge < -0.3 is 0 Å². The van der Waals surface area contributed by atoms with E-state index < -0.39 is 0 Å². The second-order valence-electron chi connectivity index (χ2n) is 5.89. The Labute approximate surface area is 134 Å². The molecule has 1 heterocycles. The lowest BCUT2D eigenvalue weighted by Gasteiger charge is -2.14. The maximum atomic E-state index is 12.0. The Bertz CT molecular complexity index is 668. The molecule has 0 bridgehead atoms. The minimum Gasteiger partial charge on any atom is -0.281 e. The van der Waals surface area contributed by atoms with Crippen LogP contribution in [0.15, 0.2) is 40.3 Å². The predicted molar refractivity (Wildman–Crippen MR) is 90.6 cm³/mol. The normalized spacial score (nSPS) is 11.8. The van der Waals surface area contributed by atoms with Crippen LogP contribution in [0.5, 0.6) is 0 Å². The van der Waals surface area contributed by atoms with Gasteiger partial charge in [0.1, 0.15) is 0 Å². The first-order valence-corrected chi connectivity index (χ1v) is 8.16. The molecule has 0 radical (unpaired) electrons. The maximum Gasteiger partial charge on any atom is 0.291 e. The van der Waals surface area contributed by atoms with Crippen LogP contribution in [-0.4, -0.2) is 28.6 Å². The molecule has 1 amide bonds. The molecule has 2 rings (SSSR count). The van der Waals surface area contributed by atoms with Crippen LogP contribution in [0.3, 0.4) is 0 Å². The zero-order valence-electron chi connectivity index (χ0n) is 13.2. The Kier molecular flexibility index (Phi) is 5.03. The lowest BCUT2D eigenvalue weighted by Crippen LogP contribution is -2.18. The minimum atomic E-state index is -0.330. The van der Waals surface area contributed by atoms with Crippen molar-refractivity contribution >= 4 is 23.9 Å². The van der Waals surface area contributed by atoms with Gasteiger partial charge in [0.05, 0.1) is 6.21 Å². The molecule has 22 heavy (non-hydrogen) atoms. The topological polar surface area (TPSA) is 70.1 Å². The number of carbonyl (C=O) groups is 1. The third-order valence-electron chi connectivity index (χ3n) is 3.11. The largest absolute Gasteiger partial charge is 0.291 e. The molecule has 6 heteroatoms. The van der Waals surface area contributed by atoms with Gasteiger partial charge in [-0.2, -0.15) is 10.2 Å². The number of aromatic amines is 1. The molecule has 0 spiro atoms. The van der Waals surface area contributed by atoms with Crippen molar-refractivity contribution in [3.05, 3.63) is 47.3 Å². The number of hydrogen-bond donors (Lipinski definition) is 2. The van der Waals surface area contributed by atoms with Gasteiger partial charge in [0.2, 0.25) is 0 Å². The molecule has 0 aliphatic heterocycles. The van der Waals surface area contributed by atoms with Gasteiger partial charge in [-0.25, -0.2) is 5.43 Å². The quantitative estimate of drug-likeness (QED) is 0.517. The number of nitrogens with zero attached hydrogens (tertiary/aromatic N) is 2. The van der Waals surface area contributed by atoms with Crippen molar-refractivity contribution < 1.29 is 4.79 Å². The summed E-state index contributed by atoms with van der Waals surface area (Å²) in [5.74, 6) is -0.330. The summed E-state index contributed by atoms with van der Waals surface area (Å²) in [4.78, 5) is 13.2. The number of benzene rings is 1. The molecule has 1 aromatic carbocycles. The summed E-state index contributed by atoms with van der Waals surface area (Å²) in [5.41, 5.74) is 4.58. The van der Waals surface area contributed by atoms with Crippen LogP contribution in [0.25, 0.3) is 0 Å². The van der Waals surface area contributed by atoms with Gasteiger partial charge in [-0.1, -0.05) is 32.9 Å². The van der Waals surface area contributed by atoms with Crippen LogP contribution in [0.1, 0.15) is 42.5 Å². The van der Waals surface area contributed by atoms with Crippen LogP contribution in [0.2, 0.25) is 0 Å². The van der Waals surface area contributed by atoms with E-state index in [-0.39, 0.29) is 11.3 Å². The van der Waals surface area contributed by atoms with Gasteiger partial charge in [0, 0.05) is 16.0 Å². The highest BCUT2D eigenvalue weighted by Crippen LogP contribution is 2.20. The minimum absolute atomic E-state index is 0.0756. The molecule has 0 unspecified atom stereocenters. The molecule has 0 aliphatic carbocycles. The third-order valence-corrected chi connectivity index (χ3v) is 3.86. The monoisotopic (exact) mass is 316 g/mol. The van der Waals surface area contributed by atoms with Crippen LogP contribution in [-0.2, 0) is 5.41 Å². The number of H-pyrrole nitrogens is 1. The summed E-state index contributed by atoms with van der Waals surface area (Å²) in [6, 6.07) is 9.67. The fourth-order valence-corrected chi connectivity index (χ4v) is 2.14. The van der Waals surface area contributed by atoms with E-state index in [4.69, 9.17) is 0 Å². The van der Waals surface area contributed by atoms with Gasteiger partial charge in [0.25, 0.3) is 5.91 Å². The second kappa shape index (κ2) is 6.79. The van der Waals surface area contributed by atoms with E-state index in [2.05, 4.69) is 41.5 Å². The molecular formula is C16H20N4OS. The number of amides is 1. The fraction of sp³-hybridized carbons (Fsp3) is 0.312. The van der Waals surface area contributed by atoms with E-state index in [0.29, 0.717) is 5.69 Å². The SMILES string of the molecule is CSc1ccc(/C=N\NC(=O)c2cc(C(C)(C)C)[nH]n2)cc1. The summed E-state index contributed by atoms with van der Waals surface area (Å²) in [7, 11) is 0. The van der Waals surface area contributed by atoms with E-state index in [1.165, 1.54) is 4.90 Å². The highest BCUT2D eigenvalue weighted by Gasteiger charge is 2.18. The lowest BCUT2D eigenvalue weighted by atomic mass is 9.92. The van der Waals surface area contributed by atoms with Crippen LogP contribution in [0, 0.1) is 0 Å². The number of hydrogen-bond acceptors (Lipinski definition) is 4. The van der Waals surface area contributed by atoms with Crippen LogP contribution in [0.4, 0.5) is 0 Å². The summed E-state index contributed by atoms with van der Waals surface area (Å²) < 4.78 is 0. The molecule has 116 valence electrons. The molecule has 0 atom stereocenters. The number of aromatic nitrogens is 2. The molecule has 0 aliphatic rings. The Hall–Kier alpha value is -2.08. The van der Waals surface area contributed by atoms with Crippen LogP contribution < -0.4 is 5.43 Å². The van der Waals surface area contributed by atoms with Crippen molar-refractivity contribution in [1.29, 1.82) is 0 Å². The second-order valence-corrected chi connectivity index (χ2v) is 6.77. The lowest BCUT2D eigenvalue weighted by molar-refractivity contribution is 0.0950. The highest BCUT2D eigenvalue weighted by atomic mass is 32.2. The molecule has 1 aromatic heterocycles. The number of thioether (sulfide) groups is 1. The van der Waals surface area contributed by atoms with Crippen molar-refractivity contribution in [3.8, 4) is 0 Å². The Morgan fingerprint density at radius 3 is 2.55 bits per heavy atom. The van der Waals surface area contributed by atoms with Crippen LogP contribution >= 0.6 is 11.8 Å². The van der Waals surface area contributed by atoms with Gasteiger partial charge in [-0.05, 0) is 30.0 Å². The Morgan fingerprint density at radius 1 is 1.32 bits per heavy atom. The zero-order valence-corrected chi connectivity index (χ0v) is 14.0. The molecule has 2 N–H and O–H groups in total. The van der Waals surface area contributed by atoms with E-state index in [1.807, 2.05) is 30.5 Å². The highest BCUT2D eigenvalue weighted by molar-refractivity contribution is 7.98. The number of hydrazone groups is 1. The first-order valence-electron chi connectivity index (χ1n) is 6.93. The van der Waals surface area contributed by atoms with Crippen molar-refractivity contribution in [2.24, 2.45) is 5.10 Å². The fourth-order valence-electron chi connectivity index (χ4n) is 1.73. The number of nitrogens with one attached hydrogen (secondary N) is 2. The molecule has 0 saturated carbocycles. The molecule has 0 saturated heterocycles. The first-order chi connectivity index (χ1) is 10.4. The average Bonchev–Trinajstić information content (AvgIpc) is 2.98. The van der Waals surface area contributed by atoms with Crippen molar-refractivity contribution in [3.63, 3.8) is 0 Å². The maximum absolute atomic E-state index is 12.0. The summed E-state index contributed by atoms with van der Waals surface area (Å²) in [6.07, 6.45) is 3.64. The average molecular weight is 316 g/mol. The van der Waals surface area contributed by atoms with Crippen molar-refractivity contribution in [2.45, 2.75) is 31.1 Å². The predicted octanol–water partition coefficient (Wildman–Crippen LogP) is 3.19. The molecule has 0 fully saturated rings. The molecule has 2 aromatic rings. The Balaban J connectivity index is 1.97. The Morgan fingerprint density at radius 2 is 2.00 bits per heavy atom. The standard InChI is InChI=1S/C16H20N4OS/c1-16(2,3)14-9-13(18-19-14)15(21)20-17-10-11-5-7-12(22-4)8-6-11/h5-10H,1-4H3,(H,18,19)(H,20,21)/b17-10-. The number of rotatable bonds is 4. The van der Waals surface area contributed by atoms with E-state index in [9.17, 15) is 4.79 Å². The third kappa shape index (κ3) is 4.21. The van der Waals surface area contributed by atoms with E-state index in [1.54, 1.807) is 24.0 Å². The van der Waals surface area contributed by atoms with Gasteiger partial charge in [-0.3, -0.25) is 9.89 Å². The summed E-state index contributed by atoms with van der Waals surface area (Å²) in [5, 5.41) is 10.9. The first kappa shape index (κ1) is 16.3. The number of carbonyl (C=O) groups excluding carboxylic acids is 1. The van der Waals surface area contributed by atoms with Gasteiger partial charge in [-0.15, -0.1) is 11.8 Å². The van der Waals surface area contributed by atoms with Crippen molar-refractivity contribution in [2.75, 3.05) is 6.26 Å². The van der Waals surface area contributed by atoms with E-state index >= 15 is 0 Å². The van der Waals surface area contributed by atoms with E-state index in [0.717, 1.165) is 11.3 Å². The smallest absolute Gasteiger partial charge is 0.281 e. The summed E-state index contributed by atoms with van der Waals surface area (Å²) >= 11 is 1.68. The van der Waals surface area contributed by atoms with Gasteiger partial charge in [0.15, 0.2) is 5.69 Å². The summed E-state index contributed by atoms with van der Waals surface area (Å²) in [6.45, 7) is 6.16. The van der Waals surface area contributed by atoms with Crippen molar-refractivity contribution in [1.82, 2.24) is 15.6 Å². The molecular weight excluding hydrogens is 296 g/mol.